The number of hydrogen-bond donors (Lipinski definition) is 1. The number of carbonyl (C=O) groups excluding carboxylic acids is 1. The van der Waals surface area contributed by atoms with Crippen molar-refractivity contribution in [1.29, 1.82) is 0 Å². The maximum Gasteiger partial charge on any atom is 0.319 e. The van der Waals surface area contributed by atoms with Gasteiger partial charge >= 0.3 is 6.01 Å². The first-order chi connectivity index (χ1) is 14.1. The van der Waals surface area contributed by atoms with E-state index in [1.165, 1.54) is 19.2 Å². The molecule has 150 valence electrons. The van der Waals surface area contributed by atoms with Crippen LogP contribution in [-0.4, -0.2) is 52.1 Å². The fourth-order valence-electron chi connectivity index (χ4n) is 3.38. The van der Waals surface area contributed by atoms with Crippen molar-refractivity contribution in [1.82, 2.24) is 19.9 Å². The van der Waals surface area contributed by atoms with E-state index < -0.39 is 0 Å². The summed E-state index contributed by atoms with van der Waals surface area (Å²) >= 11 is 0. The molecule has 1 unspecified atom stereocenters. The number of nitrogens with zero attached hydrogens (tertiary/aromatic N) is 3. The summed E-state index contributed by atoms with van der Waals surface area (Å²) in [5.74, 6) is 0.0443. The third kappa shape index (κ3) is 4.37. The molecule has 0 aliphatic carbocycles. The largest absolute Gasteiger partial charge is 0.472 e. The highest BCUT2D eigenvalue weighted by Gasteiger charge is 2.27. The summed E-state index contributed by atoms with van der Waals surface area (Å²) in [5.41, 5.74) is 2.18. The number of H-pyrrole nitrogens is 1. The Hall–Kier alpha value is -3.42. The third-order valence-corrected chi connectivity index (χ3v) is 4.83. The number of halogens is 1. The van der Waals surface area contributed by atoms with E-state index in [-0.39, 0.29) is 23.8 Å². The van der Waals surface area contributed by atoms with Gasteiger partial charge in [0.25, 0.3) is 5.91 Å². The second-order valence-corrected chi connectivity index (χ2v) is 6.82. The normalized spacial score (nSPS) is 16.5. The van der Waals surface area contributed by atoms with Crippen LogP contribution in [0, 0.1) is 5.82 Å². The second kappa shape index (κ2) is 8.30. The predicted octanol–water partition coefficient (Wildman–Crippen LogP) is 3.30. The van der Waals surface area contributed by atoms with Crippen molar-refractivity contribution in [2.45, 2.75) is 18.9 Å². The van der Waals surface area contributed by atoms with Gasteiger partial charge in [-0.3, -0.25) is 4.79 Å². The maximum absolute atomic E-state index is 13.1. The van der Waals surface area contributed by atoms with Crippen LogP contribution in [0.3, 0.4) is 0 Å². The van der Waals surface area contributed by atoms with E-state index in [1.54, 1.807) is 41.6 Å². The lowest BCUT2D eigenvalue weighted by Crippen LogP contribution is -2.44. The molecule has 1 aromatic carbocycles. The smallest absolute Gasteiger partial charge is 0.319 e. The van der Waals surface area contributed by atoms with Crippen molar-refractivity contribution < 1.29 is 18.7 Å². The summed E-state index contributed by atoms with van der Waals surface area (Å²) in [6.45, 7) is 1.13. The first-order valence-electron chi connectivity index (χ1n) is 9.39. The van der Waals surface area contributed by atoms with Gasteiger partial charge in [0.1, 0.15) is 17.6 Å². The van der Waals surface area contributed by atoms with Crippen LogP contribution >= 0.6 is 0 Å². The Bertz CT molecular complexity index is 990. The van der Waals surface area contributed by atoms with Gasteiger partial charge in [-0.2, -0.15) is 4.98 Å². The lowest BCUT2D eigenvalue weighted by atomic mass is 10.1. The van der Waals surface area contributed by atoms with Crippen LogP contribution in [0.5, 0.6) is 11.9 Å². The van der Waals surface area contributed by atoms with Gasteiger partial charge in [0, 0.05) is 25.0 Å². The summed E-state index contributed by atoms with van der Waals surface area (Å²) in [7, 11) is 1.50. The topological polar surface area (TPSA) is 80.3 Å². The molecular weight excluding hydrogens is 375 g/mol. The van der Waals surface area contributed by atoms with Crippen LogP contribution in [0.25, 0.3) is 11.1 Å². The number of nitrogens with one attached hydrogen (secondary N) is 1. The molecule has 1 saturated heterocycles. The number of carbonyl (C=O) groups is 1. The van der Waals surface area contributed by atoms with Gasteiger partial charge in [-0.1, -0.05) is 12.1 Å². The zero-order valence-corrected chi connectivity index (χ0v) is 16.0. The highest BCUT2D eigenvalue weighted by Crippen LogP contribution is 2.23. The molecule has 1 atom stereocenters. The van der Waals surface area contributed by atoms with Gasteiger partial charge in [0.2, 0.25) is 5.88 Å². The van der Waals surface area contributed by atoms with E-state index >= 15 is 0 Å². The van der Waals surface area contributed by atoms with E-state index in [1.807, 2.05) is 0 Å². The third-order valence-electron chi connectivity index (χ3n) is 4.83. The number of likely N-dealkylation sites (tertiary alicyclic amines) is 1. The average Bonchev–Trinajstić information content (AvgIpc) is 3.24. The molecule has 0 bridgehead atoms. The van der Waals surface area contributed by atoms with E-state index in [0.29, 0.717) is 24.7 Å². The minimum atomic E-state index is -0.291. The molecule has 1 fully saturated rings. The van der Waals surface area contributed by atoms with Gasteiger partial charge in [-0.05, 0) is 42.2 Å². The molecule has 3 heterocycles. The molecule has 1 aliphatic rings. The van der Waals surface area contributed by atoms with Crippen molar-refractivity contribution in [2.24, 2.45) is 0 Å². The Labute approximate surface area is 167 Å². The summed E-state index contributed by atoms with van der Waals surface area (Å²) in [6, 6.07) is 9.88. The number of aromatic nitrogens is 3. The minimum absolute atomic E-state index is 0.0908. The number of aromatic amines is 1. The standard InChI is InChI=1S/C21H21FN4O3/c1-28-21-23-9-8-19(25-21)29-17-3-2-10-26(13-17)20(27)18-11-15(12-24-18)14-4-6-16(22)7-5-14/h4-9,11-12,17,24H,2-3,10,13H2,1H3. The monoisotopic (exact) mass is 396 g/mol. The molecule has 0 spiro atoms. The fourth-order valence-corrected chi connectivity index (χ4v) is 3.38. The van der Waals surface area contributed by atoms with E-state index in [9.17, 15) is 9.18 Å². The van der Waals surface area contributed by atoms with Crippen LogP contribution in [0.15, 0.2) is 48.8 Å². The zero-order chi connectivity index (χ0) is 20.2. The zero-order valence-electron chi connectivity index (χ0n) is 16.0. The van der Waals surface area contributed by atoms with Crippen LogP contribution in [0.2, 0.25) is 0 Å². The van der Waals surface area contributed by atoms with E-state index in [4.69, 9.17) is 9.47 Å². The van der Waals surface area contributed by atoms with Crippen molar-refractivity contribution >= 4 is 5.91 Å². The molecule has 7 nitrogen and oxygen atoms in total. The van der Waals surface area contributed by atoms with Gasteiger partial charge in [-0.25, -0.2) is 9.37 Å². The Morgan fingerprint density at radius 1 is 1.24 bits per heavy atom. The summed E-state index contributed by atoms with van der Waals surface area (Å²) in [4.78, 5) is 25.9. The Balaban J connectivity index is 1.43. The number of piperidine rings is 1. The van der Waals surface area contributed by atoms with Gasteiger partial charge in [0.05, 0.1) is 13.7 Å². The number of amides is 1. The quantitative estimate of drug-likeness (QED) is 0.716. The van der Waals surface area contributed by atoms with Gasteiger partial charge in [0.15, 0.2) is 0 Å². The van der Waals surface area contributed by atoms with Crippen LogP contribution in [0.4, 0.5) is 4.39 Å². The molecule has 8 heteroatoms. The SMILES string of the molecule is COc1nccc(OC2CCCN(C(=O)c3cc(-c4ccc(F)cc4)c[nH]3)C2)n1. The second-order valence-electron chi connectivity index (χ2n) is 6.82. The van der Waals surface area contributed by atoms with E-state index in [2.05, 4.69) is 15.0 Å². The number of methoxy groups -OCH3 is 1. The molecule has 0 saturated carbocycles. The molecular formula is C21H21FN4O3. The predicted molar refractivity (Wildman–Crippen MR) is 104 cm³/mol. The number of benzene rings is 1. The van der Waals surface area contributed by atoms with Crippen LogP contribution < -0.4 is 9.47 Å². The van der Waals surface area contributed by atoms with Crippen molar-refractivity contribution in [3.8, 4) is 23.0 Å². The lowest BCUT2D eigenvalue weighted by molar-refractivity contribution is 0.0521. The van der Waals surface area contributed by atoms with E-state index in [0.717, 1.165) is 24.0 Å². The molecule has 0 radical (unpaired) electrons. The van der Waals surface area contributed by atoms with Crippen molar-refractivity contribution in [3.05, 3.63) is 60.3 Å². The molecule has 2 aromatic heterocycles. The average molecular weight is 396 g/mol. The highest BCUT2D eigenvalue weighted by molar-refractivity contribution is 5.94. The first kappa shape index (κ1) is 18.9. The molecule has 4 rings (SSSR count). The lowest BCUT2D eigenvalue weighted by Gasteiger charge is -2.32. The molecule has 29 heavy (non-hydrogen) atoms. The Morgan fingerprint density at radius 3 is 2.86 bits per heavy atom. The van der Waals surface area contributed by atoms with Crippen molar-refractivity contribution in [2.75, 3.05) is 20.2 Å². The summed E-state index contributed by atoms with van der Waals surface area (Å²) in [5, 5.41) is 0. The Kier molecular flexibility index (Phi) is 5.41. The Morgan fingerprint density at radius 2 is 2.07 bits per heavy atom. The summed E-state index contributed by atoms with van der Waals surface area (Å²) < 4.78 is 24.1. The van der Waals surface area contributed by atoms with Gasteiger partial charge < -0.3 is 19.4 Å². The first-order valence-corrected chi connectivity index (χ1v) is 9.39. The number of ether oxygens (including phenoxy) is 2. The highest BCUT2D eigenvalue weighted by atomic mass is 19.1. The minimum Gasteiger partial charge on any atom is -0.472 e. The van der Waals surface area contributed by atoms with Gasteiger partial charge in [-0.15, -0.1) is 0 Å². The number of hydrogen-bond acceptors (Lipinski definition) is 5. The molecule has 1 aliphatic heterocycles. The maximum atomic E-state index is 13.1. The molecule has 1 N–H and O–H groups in total. The van der Waals surface area contributed by atoms with Crippen LogP contribution in [-0.2, 0) is 0 Å². The molecule has 1 amide bonds. The number of rotatable bonds is 5. The molecule has 3 aromatic rings. The van der Waals surface area contributed by atoms with Crippen LogP contribution in [0.1, 0.15) is 23.3 Å². The fraction of sp³-hybridized carbons (Fsp3) is 0.286. The van der Waals surface area contributed by atoms with Crippen molar-refractivity contribution in [3.63, 3.8) is 0 Å². The summed E-state index contributed by atoms with van der Waals surface area (Å²) in [6.07, 6.45) is 4.85.